The van der Waals surface area contributed by atoms with Crippen LogP contribution in [0.3, 0.4) is 0 Å². The van der Waals surface area contributed by atoms with Gasteiger partial charge in [0.15, 0.2) is 0 Å². The van der Waals surface area contributed by atoms with Gasteiger partial charge in [-0.3, -0.25) is 9.59 Å². The number of hydrogen-bond donors (Lipinski definition) is 1. The maximum atomic E-state index is 12.5. The predicted molar refractivity (Wildman–Crippen MR) is 78.6 cm³/mol. The van der Waals surface area contributed by atoms with E-state index in [1.165, 1.54) is 0 Å². The number of carbonyl (C=O) groups is 2. The van der Waals surface area contributed by atoms with Crippen LogP contribution in [0.15, 0.2) is 24.3 Å². The number of nitrogens with zero attached hydrogens (tertiary/aromatic N) is 1. The Bertz CT molecular complexity index is 545. The molecule has 2 rings (SSSR count). The van der Waals surface area contributed by atoms with Crippen molar-refractivity contribution in [1.29, 1.82) is 0 Å². The molecular weight excluding hydrogens is 400 g/mol. The minimum atomic E-state index is -4.95. The fourth-order valence-electron chi connectivity index (χ4n) is 2.20. The molecule has 0 aliphatic carbocycles. The fourth-order valence-corrected chi connectivity index (χ4v) is 2.56. The molecule has 1 unspecified atom stereocenters. The van der Waals surface area contributed by atoms with Gasteiger partial charge < -0.3 is 10.2 Å². The first-order valence-corrected chi connectivity index (χ1v) is 7.31. The van der Waals surface area contributed by atoms with Gasteiger partial charge in [-0.25, -0.2) is 0 Å². The van der Waals surface area contributed by atoms with Crippen molar-refractivity contribution in [2.24, 2.45) is 0 Å². The minimum absolute atomic E-state index is 0.0525. The van der Waals surface area contributed by atoms with Gasteiger partial charge in [0.2, 0.25) is 5.91 Å². The van der Waals surface area contributed by atoms with E-state index in [2.05, 4.69) is 27.9 Å². The van der Waals surface area contributed by atoms with E-state index in [1.807, 2.05) is 0 Å². The van der Waals surface area contributed by atoms with Crippen LogP contribution in [0.1, 0.15) is 12.8 Å². The highest BCUT2D eigenvalue weighted by Crippen LogP contribution is 2.26. The van der Waals surface area contributed by atoms with Gasteiger partial charge in [-0.15, -0.1) is 0 Å². The molecule has 2 amide bonds. The van der Waals surface area contributed by atoms with Crippen LogP contribution in [0, 0.1) is 3.57 Å². The molecule has 21 heavy (non-hydrogen) atoms. The molecule has 0 radical (unpaired) electrons. The zero-order valence-electron chi connectivity index (χ0n) is 10.8. The molecule has 1 aliphatic heterocycles. The molecule has 0 spiro atoms. The van der Waals surface area contributed by atoms with Crippen LogP contribution in [-0.2, 0) is 9.59 Å². The second-order valence-corrected chi connectivity index (χ2v) is 5.90. The number of nitrogens with one attached hydrogen (secondary N) is 1. The third-order valence-electron chi connectivity index (χ3n) is 3.17. The standard InChI is InChI=1S/C13H12F3IN2O2/c14-13(15,16)12(21)19-7-1-2-10(19)11(20)18-9-5-3-8(17)4-6-9/h3-6,10H,1-2,7H2,(H,18,20). The molecule has 0 aromatic heterocycles. The molecule has 1 atom stereocenters. The van der Waals surface area contributed by atoms with Crippen LogP contribution in [0.5, 0.6) is 0 Å². The molecule has 114 valence electrons. The molecule has 1 aromatic rings. The molecule has 1 aromatic carbocycles. The van der Waals surface area contributed by atoms with Crippen molar-refractivity contribution < 1.29 is 22.8 Å². The quantitative estimate of drug-likeness (QED) is 0.760. The molecule has 0 bridgehead atoms. The molecule has 8 heteroatoms. The third kappa shape index (κ3) is 3.86. The van der Waals surface area contributed by atoms with Crippen molar-refractivity contribution >= 4 is 40.1 Å². The van der Waals surface area contributed by atoms with Crippen LogP contribution in [0.2, 0.25) is 0 Å². The van der Waals surface area contributed by atoms with Crippen molar-refractivity contribution in [2.45, 2.75) is 25.1 Å². The number of benzene rings is 1. The smallest absolute Gasteiger partial charge is 0.324 e. The van der Waals surface area contributed by atoms with Crippen LogP contribution in [0.4, 0.5) is 18.9 Å². The molecule has 0 saturated carbocycles. The number of alkyl halides is 3. The second-order valence-electron chi connectivity index (χ2n) is 4.65. The van der Waals surface area contributed by atoms with Gasteiger partial charge in [0.1, 0.15) is 6.04 Å². The monoisotopic (exact) mass is 412 g/mol. The highest BCUT2D eigenvalue weighted by atomic mass is 127. The van der Waals surface area contributed by atoms with Crippen LogP contribution in [-0.4, -0.2) is 35.5 Å². The van der Waals surface area contributed by atoms with Crippen molar-refractivity contribution in [3.8, 4) is 0 Å². The first-order valence-electron chi connectivity index (χ1n) is 6.23. The summed E-state index contributed by atoms with van der Waals surface area (Å²) >= 11 is 2.10. The van der Waals surface area contributed by atoms with E-state index in [-0.39, 0.29) is 13.0 Å². The van der Waals surface area contributed by atoms with E-state index < -0.39 is 24.0 Å². The number of hydrogen-bond acceptors (Lipinski definition) is 2. The summed E-state index contributed by atoms with van der Waals surface area (Å²) in [4.78, 5) is 24.0. The molecule has 1 saturated heterocycles. The maximum absolute atomic E-state index is 12.5. The second kappa shape index (κ2) is 6.20. The number of rotatable bonds is 2. The largest absolute Gasteiger partial charge is 0.471 e. The van der Waals surface area contributed by atoms with Crippen LogP contribution in [0.25, 0.3) is 0 Å². The van der Waals surface area contributed by atoms with E-state index in [1.54, 1.807) is 24.3 Å². The molecular formula is C13H12F3IN2O2. The lowest BCUT2D eigenvalue weighted by atomic mass is 10.2. The van der Waals surface area contributed by atoms with Gasteiger partial charge in [-0.05, 0) is 59.7 Å². The Kier molecular flexibility index (Phi) is 4.74. The van der Waals surface area contributed by atoms with Gasteiger partial charge in [-0.1, -0.05) is 0 Å². The Balaban J connectivity index is 2.07. The molecule has 4 nitrogen and oxygen atoms in total. The number of halogens is 4. The van der Waals surface area contributed by atoms with E-state index in [0.717, 1.165) is 3.57 Å². The van der Waals surface area contributed by atoms with Gasteiger partial charge in [-0.2, -0.15) is 13.2 Å². The zero-order chi connectivity index (χ0) is 15.6. The Morgan fingerprint density at radius 1 is 1.24 bits per heavy atom. The number of carbonyl (C=O) groups excluding carboxylic acids is 2. The topological polar surface area (TPSA) is 49.4 Å². The van der Waals surface area contributed by atoms with E-state index in [0.29, 0.717) is 17.0 Å². The minimum Gasteiger partial charge on any atom is -0.324 e. The van der Waals surface area contributed by atoms with E-state index >= 15 is 0 Å². The van der Waals surface area contributed by atoms with E-state index in [9.17, 15) is 22.8 Å². The molecule has 1 heterocycles. The number of anilines is 1. The van der Waals surface area contributed by atoms with Crippen molar-refractivity contribution in [3.63, 3.8) is 0 Å². The Morgan fingerprint density at radius 3 is 2.43 bits per heavy atom. The summed E-state index contributed by atoms with van der Waals surface area (Å²) in [6, 6.07) is 5.78. The number of amides is 2. The van der Waals surface area contributed by atoms with E-state index in [4.69, 9.17) is 0 Å². The average Bonchev–Trinajstić information content (AvgIpc) is 2.88. The third-order valence-corrected chi connectivity index (χ3v) is 3.89. The summed E-state index contributed by atoms with van der Waals surface area (Å²) in [6.45, 7) is -0.0525. The first-order chi connectivity index (χ1) is 9.79. The Hall–Kier alpha value is -1.32. The van der Waals surface area contributed by atoms with Crippen molar-refractivity contribution in [1.82, 2.24) is 4.90 Å². The SMILES string of the molecule is O=C(Nc1ccc(I)cc1)C1CCCN1C(=O)C(F)(F)F. The summed E-state index contributed by atoms with van der Waals surface area (Å²) in [5, 5.41) is 2.54. The molecule has 1 aliphatic rings. The lowest BCUT2D eigenvalue weighted by molar-refractivity contribution is -0.186. The van der Waals surface area contributed by atoms with Crippen molar-refractivity contribution in [3.05, 3.63) is 27.8 Å². The number of likely N-dealkylation sites (tertiary alicyclic amines) is 1. The first kappa shape index (κ1) is 16.1. The summed E-state index contributed by atoms with van der Waals surface area (Å²) in [7, 11) is 0. The Labute approximate surface area is 132 Å². The normalized spacial score (nSPS) is 18.7. The summed E-state index contributed by atoms with van der Waals surface area (Å²) < 4.78 is 38.4. The highest BCUT2D eigenvalue weighted by molar-refractivity contribution is 14.1. The summed E-state index contributed by atoms with van der Waals surface area (Å²) in [5.41, 5.74) is 0.492. The summed E-state index contributed by atoms with van der Waals surface area (Å²) in [5.74, 6) is -2.55. The van der Waals surface area contributed by atoms with Gasteiger partial charge >= 0.3 is 12.1 Å². The van der Waals surface area contributed by atoms with Crippen LogP contribution < -0.4 is 5.32 Å². The maximum Gasteiger partial charge on any atom is 0.471 e. The average molecular weight is 412 g/mol. The lowest BCUT2D eigenvalue weighted by Crippen LogP contribution is -2.48. The Morgan fingerprint density at radius 2 is 1.86 bits per heavy atom. The zero-order valence-corrected chi connectivity index (χ0v) is 12.9. The molecule has 1 N–H and O–H groups in total. The van der Waals surface area contributed by atoms with Crippen molar-refractivity contribution in [2.75, 3.05) is 11.9 Å². The lowest BCUT2D eigenvalue weighted by Gasteiger charge is -2.24. The predicted octanol–water partition coefficient (Wildman–Crippen LogP) is 2.78. The fraction of sp³-hybridized carbons (Fsp3) is 0.385. The summed E-state index contributed by atoms with van der Waals surface area (Å²) in [6.07, 6.45) is -4.34. The molecule has 1 fully saturated rings. The highest BCUT2D eigenvalue weighted by Gasteiger charge is 2.47. The van der Waals surface area contributed by atoms with Gasteiger partial charge in [0.25, 0.3) is 0 Å². The van der Waals surface area contributed by atoms with Gasteiger partial charge in [0, 0.05) is 15.8 Å². The van der Waals surface area contributed by atoms with Gasteiger partial charge in [0.05, 0.1) is 0 Å². The van der Waals surface area contributed by atoms with Crippen LogP contribution >= 0.6 is 22.6 Å².